The lowest BCUT2D eigenvalue weighted by molar-refractivity contribution is -0.142. The van der Waals surface area contributed by atoms with Gasteiger partial charge in [0, 0.05) is 29.4 Å². The molecular weight excluding hydrogens is 368 g/mol. The summed E-state index contributed by atoms with van der Waals surface area (Å²) in [6.45, 7) is 2.88. The number of nitrogens with one attached hydrogen (secondary N) is 2. The van der Waals surface area contributed by atoms with Crippen molar-refractivity contribution in [2.45, 2.75) is 13.8 Å². The van der Waals surface area contributed by atoms with E-state index < -0.39 is 18.5 Å². The number of ether oxygens (including phenoxy) is 1. The number of halogens is 1. The molecule has 2 N–H and O–H groups in total. The van der Waals surface area contributed by atoms with E-state index in [2.05, 4.69) is 10.6 Å². The summed E-state index contributed by atoms with van der Waals surface area (Å²) in [5.74, 6) is -1.29. The van der Waals surface area contributed by atoms with Gasteiger partial charge in [-0.3, -0.25) is 9.59 Å². The van der Waals surface area contributed by atoms with Gasteiger partial charge in [0.05, 0.1) is 0 Å². The molecule has 2 aromatic rings. The van der Waals surface area contributed by atoms with Crippen LogP contribution in [0.5, 0.6) is 0 Å². The average molecular weight is 387 g/mol. The zero-order valence-corrected chi connectivity index (χ0v) is 15.7. The molecule has 0 aliphatic carbocycles. The van der Waals surface area contributed by atoms with Gasteiger partial charge in [-0.2, -0.15) is 0 Å². The third-order valence-electron chi connectivity index (χ3n) is 3.44. The Kier molecular flexibility index (Phi) is 7.14. The van der Waals surface area contributed by atoms with Gasteiger partial charge in [0.2, 0.25) is 5.91 Å². The number of carbonyl (C=O) groups excluding carboxylic acids is 3. The molecule has 0 unspecified atom stereocenters. The van der Waals surface area contributed by atoms with Gasteiger partial charge in [-0.05, 0) is 54.5 Å². The first-order chi connectivity index (χ1) is 12.8. The van der Waals surface area contributed by atoms with Gasteiger partial charge in [-0.25, -0.2) is 4.79 Å². The molecule has 6 nitrogen and oxygen atoms in total. The molecule has 2 amide bonds. The summed E-state index contributed by atoms with van der Waals surface area (Å²) in [6, 6.07) is 12.0. The maximum Gasteiger partial charge on any atom is 0.331 e. The number of anilines is 2. The van der Waals surface area contributed by atoms with Crippen LogP contribution >= 0.6 is 11.6 Å². The normalized spacial score (nSPS) is 10.5. The van der Waals surface area contributed by atoms with Gasteiger partial charge in [-0.15, -0.1) is 0 Å². The highest BCUT2D eigenvalue weighted by Crippen LogP contribution is 2.17. The zero-order chi connectivity index (χ0) is 19.8. The predicted molar refractivity (Wildman–Crippen MR) is 106 cm³/mol. The van der Waals surface area contributed by atoms with Crippen LogP contribution in [0, 0.1) is 6.92 Å². The average Bonchev–Trinajstić information content (AvgIpc) is 2.62. The molecule has 0 fully saturated rings. The van der Waals surface area contributed by atoms with Crippen molar-refractivity contribution in [1.29, 1.82) is 0 Å². The van der Waals surface area contributed by atoms with E-state index in [0.29, 0.717) is 16.4 Å². The van der Waals surface area contributed by atoms with Crippen LogP contribution in [-0.4, -0.2) is 24.4 Å². The first-order valence-electron chi connectivity index (χ1n) is 8.12. The lowest BCUT2D eigenvalue weighted by atomic mass is 10.1. The lowest BCUT2D eigenvalue weighted by Crippen LogP contribution is -2.20. The summed E-state index contributed by atoms with van der Waals surface area (Å²) in [6.07, 6.45) is 2.79. The van der Waals surface area contributed by atoms with Crippen molar-refractivity contribution in [3.63, 3.8) is 0 Å². The van der Waals surface area contributed by atoms with E-state index in [4.69, 9.17) is 16.3 Å². The predicted octanol–water partition coefficient (Wildman–Crippen LogP) is 3.80. The Bertz CT molecular complexity index is 876. The first-order valence-corrected chi connectivity index (χ1v) is 8.50. The summed E-state index contributed by atoms with van der Waals surface area (Å²) in [5.41, 5.74) is 2.84. The zero-order valence-electron chi connectivity index (χ0n) is 14.9. The molecule has 2 aromatic carbocycles. The summed E-state index contributed by atoms with van der Waals surface area (Å²) in [7, 11) is 0. The van der Waals surface area contributed by atoms with E-state index in [-0.39, 0.29) is 5.91 Å². The number of esters is 1. The highest BCUT2D eigenvalue weighted by Gasteiger charge is 2.06. The number of amides is 2. The van der Waals surface area contributed by atoms with E-state index in [1.807, 2.05) is 19.1 Å². The van der Waals surface area contributed by atoms with Gasteiger partial charge in [0.25, 0.3) is 5.91 Å². The minimum absolute atomic E-state index is 0.181. The molecule has 0 aliphatic rings. The molecule has 0 heterocycles. The number of benzene rings is 2. The first kappa shape index (κ1) is 20.2. The van der Waals surface area contributed by atoms with Crippen LogP contribution in [-0.2, 0) is 19.1 Å². The van der Waals surface area contributed by atoms with Crippen LogP contribution in [0.2, 0.25) is 5.02 Å². The van der Waals surface area contributed by atoms with Crippen LogP contribution in [0.3, 0.4) is 0 Å². The van der Waals surface area contributed by atoms with Crippen molar-refractivity contribution in [1.82, 2.24) is 0 Å². The van der Waals surface area contributed by atoms with E-state index in [1.54, 1.807) is 36.4 Å². The van der Waals surface area contributed by atoms with E-state index in [0.717, 1.165) is 11.1 Å². The van der Waals surface area contributed by atoms with Gasteiger partial charge < -0.3 is 15.4 Å². The summed E-state index contributed by atoms with van der Waals surface area (Å²) >= 11 is 6.02. The number of aryl methyl sites for hydroxylation is 1. The highest BCUT2D eigenvalue weighted by molar-refractivity contribution is 6.31. The van der Waals surface area contributed by atoms with Gasteiger partial charge in [0.1, 0.15) is 0 Å². The van der Waals surface area contributed by atoms with E-state index in [9.17, 15) is 14.4 Å². The van der Waals surface area contributed by atoms with Crippen LogP contribution in [0.15, 0.2) is 48.5 Å². The molecule has 7 heteroatoms. The van der Waals surface area contributed by atoms with E-state index in [1.165, 1.54) is 13.0 Å². The Balaban J connectivity index is 1.80. The largest absolute Gasteiger partial charge is 0.452 e. The molecule has 2 rings (SSSR count). The Labute approximate surface area is 162 Å². The minimum atomic E-state index is -0.636. The van der Waals surface area contributed by atoms with Crippen LogP contribution in [0.4, 0.5) is 11.4 Å². The second-order valence-corrected chi connectivity index (χ2v) is 6.16. The minimum Gasteiger partial charge on any atom is -0.452 e. The Hall–Kier alpha value is -3.12. The fourth-order valence-corrected chi connectivity index (χ4v) is 2.29. The second-order valence-electron chi connectivity index (χ2n) is 5.76. The van der Waals surface area contributed by atoms with Crippen LogP contribution < -0.4 is 10.6 Å². The fraction of sp³-hybridized carbons (Fsp3) is 0.150. The van der Waals surface area contributed by atoms with Crippen LogP contribution in [0.1, 0.15) is 18.1 Å². The third kappa shape index (κ3) is 6.95. The SMILES string of the molecule is CC(=O)Nc1ccc(NC(=O)COC(=O)/C=C/c2ccc(C)c(Cl)c2)cc1. The fourth-order valence-electron chi connectivity index (χ4n) is 2.10. The molecule has 0 aromatic heterocycles. The Morgan fingerprint density at radius 3 is 2.26 bits per heavy atom. The quantitative estimate of drug-likeness (QED) is 0.584. The number of hydrogen-bond acceptors (Lipinski definition) is 4. The molecule has 140 valence electrons. The lowest BCUT2D eigenvalue weighted by Gasteiger charge is -2.07. The topological polar surface area (TPSA) is 84.5 Å². The molecule has 0 saturated carbocycles. The van der Waals surface area contributed by atoms with Gasteiger partial charge >= 0.3 is 5.97 Å². The summed E-state index contributed by atoms with van der Waals surface area (Å²) in [5, 5.41) is 5.82. The molecular formula is C20H19ClN2O4. The number of carbonyl (C=O) groups is 3. The van der Waals surface area contributed by atoms with Crippen molar-refractivity contribution in [3.8, 4) is 0 Å². The molecule has 0 spiro atoms. The van der Waals surface area contributed by atoms with Crippen molar-refractivity contribution < 1.29 is 19.1 Å². The number of hydrogen-bond donors (Lipinski definition) is 2. The van der Waals surface area contributed by atoms with Crippen molar-refractivity contribution in [3.05, 3.63) is 64.7 Å². The molecule has 0 bridgehead atoms. The van der Waals surface area contributed by atoms with Crippen molar-refractivity contribution in [2.24, 2.45) is 0 Å². The second kappa shape index (κ2) is 9.54. The molecule has 27 heavy (non-hydrogen) atoms. The van der Waals surface area contributed by atoms with Gasteiger partial charge in [-0.1, -0.05) is 23.7 Å². The smallest absolute Gasteiger partial charge is 0.331 e. The monoisotopic (exact) mass is 386 g/mol. The maximum atomic E-state index is 11.8. The number of rotatable bonds is 6. The highest BCUT2D eigenvalue weighted by atomic mass is 35.5. The summed E-state index contributed by atoms with van der Waals surface area (Å²) in [4.78, 5) is 34.5. The van der Waals surface area contributed by atoms with Crippen molar-refractivity contribution >= 4 is 46.8 Å². The molecule has 0 aliphatic heterocycles. The molecule has 0 radical (unpaired) electrons. The molecule has 0 atom stereocenters. The Morgan fingerprint density at radius 1 is 1.04 bits per heavy atom. The van der Waals surface area contributed by atoms with Gasteiger partial charge in [0.15, 0.2) is 6.61 Å². The van der Waals surface area contributed by atoms with Crippen LogP contribution in [0.25, 0.3) is 6.08 Å². The van der Waals surface area contributed by atoms with Crippen molar-refractivity contribution in [2.75, 3.05) is 17.2 Å². The molecule has 0 saturated heterocycles. The Morgan fingerprint density at radius 2 is 1.67 bits per heavy atom. The maximum absolute atomic E-state index is 11.8. The summed E-state index contributed by atoms with van der Waals surface area (Å²) < 4.78 is 4.90. The third-order valence-corrected chi connectivity index (χ3v) is 3.85. The standard InChI is InChI=1S/C20H19ClN2O4/c1-13-3-4-15(11-18(13)21)5-10-20(26)27-12-19(25)23-17-8-6-16(7-9-17)22-14(2)24/h3-11H,12H2,1-2H3,(H,22,24)(H,23,25)/b10-5+. The van der Waals surface area contributed by atoms with E-state index >= 15 is 0 Å².